The van der Waals surface area contributed by atoms with Gasteiger partial charge in [-0.05, 0) is 59.7 Å². The molecule has 3 N–H and O–H groups in total. The van der Waals surface area contributed by atoms with Gasteiger partial charge in [0.1, 0.15) is 5.82 Å². The van der Waals surface area contributed by atoms with Crippen LogP contribution in [0.15, 0.2) is 89.2 Å². The third-order valence-electron chi connectivity index (χ3n) is 4.59. The van der Waals surface area contributed by atoms with Crippen molar-refractivity contribution >= 4 is 29.0 Å². The molecule has 0 aliphatic heterocycles. The summed E-state index contributed by atoms with van der Waals surface area (Å²) in [6.45, 7) is 0. The first-order chi connectivity index (χ1) is 14.5. The molecule has 0 atom stereocenters. The summed E-state index contributed by atoms with van der Waals surface area (Å²) in [5, 5.41) is 3.87. The minimum Gasteiger partial charge on any atom is -0.397 e. The first-order valence-corrected chi connectivity index (χ1v) is 10.0. The van der Waals surface area contributed by atoms with Crippen LogP contribution in [0, 0.1) is 5.82 Å². The lowest BCUT2D eigenvalue weighted by molar-refractivity contribution is 0.102. The number of carbonyl (C=O) groups is 1. The number of imidazole rings is 1. The highest BCUT2D eigenvalue weighted by Gasteiger charge is 2.11. The molecule has 0 aliphatic rings. The molecule has 1 heterocycles. The number of aryl methyl sites for hydroxylation is 1. The average Bonchev–Trinajstić information content (AvgIpc) is 3.15. The lowest BCUT2D eigenvalue weighted by atomic mass is 10.0. The topological polar surface area (TPSA) is 72.9 Å². The smallest absolute Gasteiger partial charge is 0.255 e. The number of nitrogens with zero attached hydrogens (tertiary/aromatic N) is 2. The van der Waals surface area contributed by atoms with Crippen molar-refractivity contribution in [2.24, 2.45) is 7.05 Å². The maximum atomic E-state index is 13.2. The third-order valence-corrected chi connectivity index (χ3v) is 5.70. The molecule has 0 saturated carbocycles. The van der Waals surface area contributed by atoms with Crippen molar-refractivity contribution in [1.82, 2.24) is 9.55 Å². The average molecular weight is 418 g/mol. The van der Waals surface area contributed by atoms with E-state index in [4.69, 9.17) is 5.73 Å². The fraction of sp³-hybridized carbons (Fsp3) is 0.0435. The van der Waals surface area contributed by atoms with Crippen LogP contribution < -0.4 is 11.1 Å². The van der Waals surface area contributed by atoms with E-state index in [0.29, 0.717) is 16.9 Å². The van der Waals surface area contributed by atoms with Crippen LogP contribution in [0.1, 0.15) is 10.4 Å². The summed E-state index contributed by atoms with van der Waals surface area (Å²) in [7, 11) is 1.93. The van der Waals surface area contributed by atoms with Gasteiger partial charge in [-0.25, -0.2) is 9.37 Å². The molecule has 3 aromatic carbocycles. The molecule has 0 aliphatic carbocycles. The second kappa shape index (κ2) is 8.42. The van der Waals surface area contributed by atoms with Crippen molar-refractivity contribution in [3.8, 4) is 11.1 Å². The summed E-state index contributed by atoms with van der Waals surface area (Å²) in [4.78, 5) is 17.8. The minimum absolute atomic E-state index is 0.255. The molecule has 0 bridgehead atoms. The molecule has 0 fully saturated rings. The quantitative estimate of drug-likeness (QED) is 0.436. The first kappa shape index (κ1) is 19.7. The second-order valence-corrected chi connectivity index (χ2v) is 7.83. The standard InChI is InChI=1S/C23H19FN4OS/c1-28-14-26-13-22(28)30-19-9-4-16(5-10-19)23(29)27-21-12-17(6-11-20(21)25)15-2-7-18(24)8-3-15/h2-14H,25H2,1H3,(H,27,29). The molecular weight excluding hydrogens is 399 g/mol. The number of hydrogen-bond acceptors (Lipinski definition) is 4. The molecule has 4 aromatic rings. The van der Waals surface area contributed by atoms with Gasteiger partial charge >= 0.3 is 0 Å². The van der Waals surface area contributed by atoms with Crippen molar-refractivity contribution in [3.63, 3.8) is 0 Å². The van der Waals surface area contributed by atoms with Crippen LogP contribution in [0.5, 0.6) is 0 Å². The van der Waals surface area contributed by atoms with Gasteiger partial charge in [0, 0.05) is 17.5 Å². The predicted octanol–water partition coefficient (Wildman–Crippen LogP) is 5.21. The zero-order valence-corrected chi connectivity index (χ0v) is 17.0. The molecule has 150 valence electrons. The zero-order valence-electron chi connectivity index (χ0n) is 16.2. The number of aromatic nitrogens is 2. The number of carbonyl (C=O) groups excluding carboxylic acids is 1. The number of hydrogen-bond donors (Lipinski definition) is 2. The van der Waals surface area contributed by atoms with Crippen LogP contribution in [0.3, 0.4) is 0 Å². The maximum absolute atomic E-state index is 13.2. The minimum atomic E-state index is -0.298. The van der Waals surface area contributed by atoms with Gasteiger partial charge in [-0.2, -0.15) is 0 Å². The second-order valence-electron chi connectivity index (χ2n) is 6.73. The summed E-state index contributed by atoms with van der Waals surface area (Å²) >= 11 is 1.57. The predicted molar refractivity (Wildman–Crippen MR) is 118 cm³/mol. The van der Waals surface area contributed by atoms with Crippen LogP contribution in [0.4, 0.5) is 15.8 Å². The van der Waals surface area contributed by atoms with E-state index in [9.17, 15) is 9.18 Å². The Bertz CT molecular complexity index is 1190. The molecule has 5 nitrogen and oxygen atoms in total. The molecule has 1 aromatic heterocycles. The summed E-state index contributed by atoms with van der Waals surface area (Å²) in [6.07, 6.45) is 3.54. The van der Waals surface area contributed by atoms with Gasteiger partial charge in [-0.1, -0.05) is 30.0 Å². The lowest BCUT2D eigenvalue weighted by Gasteiger charge is -2.11. The Hall–Kier alpha value is -3.58. The fourth-order valence-electron chi connectivity index (χ4n) is 2.92. The van der Waals surface area contributed by atoms with Crippen molar-refractivity contribution < 1.29 is 9.18 Å². The van der Waals surface area contributed by atoms with Gasteiger partial charge in [0.2, 0.25) is 0 Å². The highest BCUT2D eigenvalue weighted by atomic mass is 32.2. The largest absolute Gasteiger partial charge is 0.397 e. The van der Waals surface area contributed by atoms with E-state index in [-0.39, 0.29) is 11.7 Å². The Kier molecular flexibility index (Phi) is 5.54. The number of benzene rings is 3. The van der Waals surface area contributed by atoms with Gasteiger partial charge in [-0.15, -0.1) is 0 Å². The number of nitrogens with one attached hydrogen (secondary N) is 1. The highest BCUT2D eigenvalue weighted by molar-refractivity contribution is 7.99. The van der Waals surface area contributed by atoms with E-state index < -0.39 is 0 Å². The highest BCUT2D eigenvalue weighted by Crippen LogP contribution is 2.29. The van der Waals surface area contributed by atoms with E-state index in [1.807, 2.05) is 29.8 Å². The zero-order chi connectivity index (χ0) is 21.1. The van der Waals surface area contributed by atoms with Gasteiger partial charge in [0.25, 0.3) is 5.91 Å². The first-order valence-electron chi connectivity index (χ1n) is 9.20. The van der Waals surface area contributed by atoms with E-state index in [1.54, 1.807) is 60.7 Å². The van der Waals surface area contributed by atoms with Crippen molar-refractivity contribution in [2.45, 2.75) is 9.92 Å². The molecule has 30 heavy (non-hydrogen) atoms. The molecular formula is C23H19FN4OS. The Labute approximate surface area is 177 Å². The molecule has 0 unspecified atom stereocenters. The number of nitrogens with two attached hydrogens (primary N) is 1. The molecule has 0 radical (unpaired) electrons. The maximum Gasteiger partial charge on any atom is 0.255 e. The summed E-state index contributed by atoms with van der Waals surface area (Å²) in [5.74, 6) is -0.553. The van der Waals surface area contributed by atoms with E-state index >= 15 is 0 Å². The van der Waals surface area contributed by atoms with Gasteiger partial charge in [-0.3, -0.25) is 4.79 Å². The van der Waals surface area contributed by atoms with Crippen molar-refractivity contribution in [3.05, 3.63) is 90.6 Å². The third kappa shape index (κ3) is 4.36. The van der Waals surface area contributed by atoms with Crippen LogP contribution in [0.2, 0.25) is 0 Å². The molecule has 0 saturated heterocycles. The SMILES string of the molecule is Cn1cncc1Sc1ccc(C(=O)Nc2cc(-c3ccc(F)cc3)ccc2N)cc1. The summed E-state index contributed by atoms with van der Waals surface area (Å²) in [5.41, 5.74) is 9.21. The monoisotopic (exact) mass is 418 g/mol. The number of nitrogen functional groups attached to an aromatic ring is 1. The Balaban J connectivity index is 1.50. The van der Waals surface area contributed by atoms with Crippen molar-refractivity contribution in [2.75, 3.05) is 11.1 Å². The van der Waals surface area contributed by atoms with Gasteiger partial charge in [0.05, 0.1) is 28.9 Å². The van der Waals surface area contributed by atoms with Crippen molar-refractivity contribution in [1.29, 1.82) is 0 Å². The van der Waals surface area contributed by atoms with E-state index in [2.05, 4.69) is 10.3 Å². The van der Waals surface area contributed by atoms with Crippen LogP contribution in [0.25, 0.3) is 11.1 Å². The van der Waals surface area contributed by atoms with Crippen LogP contribution in [-0.4, -0.2) is 15.5 Å². The Morgan fingerprint density at radius 1 is 1.03 bits per heavy atom. The molecule has 7 heteroatoms. The Morgan fingerprint density at radius 3 is 2.40 bits per heavy atom. The molecule has 1 amide bonds. The van der Waals surface area contributed by atoms with E-state index in [1.165, 1.54) is 12.1 Å². The van der Waals surface area contributed by atoms with E-state index in [0.717, 1.165) is 21.0 Å². The Morgan fingerprint density at radius 2 is 1.73 bits per heavy atom. The fourth-order valence-corrected chi connectivity index (χ4v) is 3.74. The normalized spacial score (nSPS) is 10.7. The number of rotatable bonds is 5. The number of amides is 1. The molecule has 0 spiro atoms. The summed E-state index contributed by atoms with van der Waals surface area (Å²) in [6, 6.07) is 18.8. The number of anilines is 2. The van der Waals surface area contributed by atoms with Gasteiger partial charge < -0.3 is 15.6 Å². The van der Waals surface area contributed by atoms with Crippen LogP contribution in [-0.2, 0) is 7.05 Å². The number of halogens is 1. The lowest BCUT2D eigenvalue weighted by Crippen LogP contribution is -2.13. The van der Waals surface area contributed by atoms with Crippen LogP contribution >= 0.6 is 11.8 Å². The summed E-state index contributed by atoms with van der Waals surface area (Å²) < 4.78 is 15.1. The van der Waals surface area contributed by atoms with Gasteiger partial charge in [0.15, 0.2) is 0 Å². The molecule has 4 rings (SSSR count).